The molecule has 0 amide bonds. The Hall–Kier alpha value is -1.32. The van der Waals surface area contributed by atoms with E-state index in [-0.39, 0.29) is 11.1 Å². The van der Waals surface area contributed by atoms with Crippen LogP contribution in [0.15, 0.2) is 12.1 Å². The van der Waals surface area contributed by atoms with E-state index in [1.165, 1.54) is 26.0 Å². The Morgan fingerprint density at radius 3 is 1.93 bits per heavy atom. The van der Waals surface area contributed by atoms with Gasteiger partial charge in [0, 0.05) is 5.56 Å². The van der Waals surface area contributed by atoms with Gasteiger partial charge >= 0.3 is 6.18 Å². The molecule has 0 aliphatic heterocycles. The molecule has 1 rings (SSSR count). The molecule has 0 N–H and O–H groups in total. The fraction of sp³-hybridized carbons (Fsp3) is 0.364. The van der Waals surface area contributed by atoms with Gasteiger partial charge in [0.05, 0.1) is 5.56 Å². The second-order valence-corrected chi connectivity index (χ2v) is 3.50. The first-order valence-electron chi connectivity index (χ1n) is 4.43. The van der Waals surface area contributed by atoms with Crippen LogP contribution in [0.2, 0.25) is 0 Å². The van der Waals surface area contributed by atoms with E-state index in [0.717, 1.165) is 6.92 Å². The van der Waals surface area contributed by atoms with Gasteiger partial charge in [-0.25, -0.2) is 0 Å². The molecule has 1 nitrogen and oxygen atoms in total. The van der Waals surface area contributed by atoms with Crippen molar-refractivity contribution in [3.63, 3.8) is 0 Å². The van der Waals surface area contributed by atoms with Crippen LogP contribution in [0, 0.1) is 13.8 Å². The fourth-order valence-electron chi connectivity index (χ4n) is 1.63. The van der Waals surface area contributed by atoms with E-state index >= 15 is 0 Å². The van der Waals surface area contributed by atoms with Gasteiger partial charge in [0.15, 0.2) is 5.78 Å². The minimum Gasteiger partial charge on any atom is -0.294 e. The maximum absolute atomic E-state index is 12.7. The largest absolute Gasteiger partial charge is 0.417 e. The van der Waals surface area contributed by atoms with E-state index in [9.17, 15) is 18.0 Å². The van der Waals surface area contributed by atoms with Crippen molar-refractivity contribution in [2.75, 3.05) is 0 Å². The van der Waals surface area contributed by atoms with Crippen LogP contribution in [0.5, 0.6) is 0 Å². The molecular formula is C11H11F3O. The molecule has 1 aromatic rings. The average Bonchev–Trinajstić information content (AvgIpc) is 2.05. The Bertz CT molecular complexity index is 405. The second-order valence-electron chi connectivity index (χ2n) is 3.50. The quantitative estimate of drug-likeness (QED) is 0.656. The summed E-state index contributed by atoms with van der Waals surface area (Å²) in [5, 5.41) is 0. The van der Waals surface area contributed by atoms with Crippen molar-refractivity contribution in [1.82, 2.24) is 0 Å². The van der Waals surface area contributed by atoms with Crippen molar-refractivity contribution in [3.8, 4) is 0 Å². The first-order chi connectivity index (χ1) is 6.75. The van der Waals surface area contributed by atoms with Gasteiger partial charge in [0.25, 0.3) is 0 Å². The van der Waals surface area contributed by atoms with Gasteiger partial charge in [-0.3, -0.25) is 4.79 Å². The molecule has 0 atom stereocenters. The number of rotatable bonds is 1. The van der Waals surface area contributed by atoms with Crippen molar-refractivity contribution in [2.24, 2.45) is 0 Å². The lowest BCUT2D eigenvalue weighted by molar-refractivity contribution is -0.138. The summed E-state index contributed by atoms with van der Waals surface area (Å²) in [6.45, 7) is 4.01. The summed E-state index contributed by atoms with van der Waals surface area (Å²) >= 11 is 0. The molecule has 0 aliphatic carbocycles. The molecule has 0 fully saturated rings. The van der Waals surface area contributed by atoms with Crippen molar-refractivity contribution in [3.05, 3.63) is 34.4 Å². The minimum atomic E-state index is -4.48. The first-order valence-corrected chi connectivity index (χ1v) is 4.43. The van der Waals surface area contributed by atoms with E-state index < -0.39 is 17.5 Å². The molecule has 0 aromatic heterocycles. The molecule has 0 bridgehead atoms. The lowest BCUT2D eigenvalue weighted by atomic mass is 9.94. The summed E-state index contributed by atoms with van der Waals surface area (Å²) in [6.07, 6.45) is -4.48. The first kappa shape index (κ1) is 11.8. The number of hydrogen-bond donors (Lipinski definition) is 0. The molecule has 15 heavy (non-hydrogen) atoms. The van der Waals surface area contributed by atoms with E-state index in [1.54, 1.807) is 0 Å². The highest BCUT2D eigenvalue weighted by Gasteiger charge is 2.36. The predicted octanol–water partition coefficient (Wildman–Crippen LogP) is 3.52. The Labute approximate surface area is 85.9 Å². The van der Waals surface area contributed by atoms with E-state index in [1.807, 2.05) is 0 Å². The molecule has 82 valence electrons. The fourth-order valence-corrected chi connectivity index (χ4v) is 1.63. The molecule has 0 unspecified atom stereocenters. The van der Waals surface area contributed by atoms with E-state index in [2.05, 4.69) is 0 Å². The standard InChI is InChI=1S/C11H11F3O/c1-6-4-5-7(2)10(11(12,13)14)9(6)8(3)15/h4-5H,1-3H3. The number of Topliss-reactive ketones (excluding diaryl/α,β-unsaturated/α-hetero) is 1. The number of aryl methyl sites for hydroxylation is 2. The van der Waals surface area contributed by atoms with Crippen LogP contribution in [0.4, 0.5) is 13.2 Å². The van der Waals surface area contributed by atoms with E-state index in [4.69, 9.17) is 0 Å². The van der Waals surface area contributed by atoms with Gasteiger partial charge in [-0.05, 0) is 31.9 Å². The number of carbonyl (C=O) groups excluding carboxylic acids is 1. The minimum absolute atomic E-state index is 0.0818. The zero-order valence-electron chi connectivity index (χ0n) is 8.70. The third-order valence-corrected chi connectivity index (χ3v) is 2.26. The molecule has 0 radical (unpaired) electrons. The number of hydrogen-bond acceptors (Lipinski definition) is 1. The third-order valence-electron chi connectivity index (χ3n) is 2.26. The highest BCUT2D eigenvalue weighted by atomic mass is 19.4. The highest BCUT2D eigenvalue weighted by molar-refractivity contribution is 5.97. The zero-order chi connectivity index (χ0) is 11.8. The predicted molar refractivity (Wildman–Crippen MR) is 50.9 cm³/mol. The molecule has 0 spiro atoms. The highest BCUT2D eigenvalue weighted by Crippen LogP contribution is 2.35. The lowest BCUT2D eigenvalue weighted by Gasteiger charge is -2.15. The van der Waals surface area contributed by atoms with Gasteiger partial charge < -0.3 is 0 Å². The van der Waals surface area contributed by atoms with Crippen LogP contribution < -0.4 is 0 Å². The molecule has 1 aromatic carbocycles. The molecule has 0 heterocycles. The van der Waals surface area contributed by atoms with Crippen LogP contribution in [0.3, 0.4) is 0 Å². The van der Waals surface area contributed by atoms with Gasteiger partial charge in [-0.15, -0.1) is 0 Å². The molecular weight excluding hydrogens is 205 g/mol. The summed E-state index contributed by atoms with van der Waals surface area (Å²) < 4.78 is 38.1. The number of benzene rings is 1. The van der Waals surface area contributed by atoms with E-state index in [0.29, 0.717) is 5.56 Å². The smallest absolute Gasteiger partial charge is 0.294 e. The van der Waals surface area contributed by atoms with Crippen molar-refractivity contribution >= 4 is 5.78 Å². The Morgan fingerprint density at radius 2 is 1.60 bits per heavy atom. The summed E-state index contributed by atoms with van der Waals surface area (Å²) in [6, 6.07) is 2.91. The Morgan fingerprint density at radius 1 is 1.13 bits per heavy atom. The topological polar surface area (TPSA) is 17.1 Å². The van der Waals surface area contributed by atoms with Gasteiger partial charge in [-0.1, -0.05) is 12.1 Å². The number of halogens is 3. The number of alkyl halides is 3. The maximum Gasteiger partial charge on any atom is 0.417 e. The van der Waals surface area contributed by atoms with Crippen LogP contribution in [0.25, 0.3) is 0 Å². The van der Waals surface area contributed by atoms with Crippen molar-refractivity contribution in [1.29, 1.82) is 0 Å². The van der Waals surface area contributed by atoms with Crippen molar-refractivity contribution < 1.29 is 18.0 Å². The van der Waals surface area contributed by atoms with Crippen molar-refractivity contribution in [2.45, 2.75) is 26.9 Å². The summed E-state index contributed by atoms with van der Waals surface area (Å²) in [5.41, 5.74) is -0.587. The normalized spacial score (nSPS) is 11.6. The second kappa shape index (κ2) is 3.68. The summed E-state index contributed by atoms with van der Waals surface area (Å²) in [4.78, 5) is 11.2. The molecule has 0 saturated carbocycles. The van der Waals surface area contributed by atoms with Crippen LogP contribution >= 0.6 is 0 Å². The van der Waals surface area contributed by atoms with Crippen LogP contribution in [-0.2, 0) is 6.18 Å². The van der Waals surface area contributed by atoms with Gasteiger partial charge in [-0.2, -0.15) is 13.2 Å². The SMILES string of the molecule is CC(=O)c1c(C)ccc(C)c1C(F)(F)F. The molecule has 4 heteroatoms. The zero-order valence-corrected chi connectivity index (χ0v) is 8.70. The third kappa shape index (κ3) is 2.19. The maximum atomic E-state index is 12.7. The Balaban J connectivity index is 3.60. The van der Waals surface area contributed by atoms with Gasteiger partial charge in [0.2, 0.25) is 0 Å². The number of ketones is 1. The average molecular weight is 216 g/mol. The van der Waals surface area contributed by atoms with Crippen LogP contribution in [0.1, 0.15) is 34.0 Å². The van der Waals surface area contributed by atoms with Gasteiger partial charge in [0.1, 0.15) is 0 Å². The lowest BCUT2D eigenvalue weighted by Crippen LogP contribution is -2.15. The summed E-state index contributed by atoms with van der Waals surface area (Å²) in [7, 11) is 0. The molecule has 0 aliphatic rings. The number of carbonyl (C=O) groups is 1. The summed E-state index contributed by atoms with van der Waals surface area (Å²) in [5.74, 6) is -0.552. The van der Waals surface area contributed by atoms with Crippen LogP contribution in [-0.4, -0.2) is 5.78 Å². The monoisotopic (exact) mass is 216 g/mol. The Kier molecular flexibility index (Phi) is 2.88. The molecule has 0 saturated heterocycles.